The molecule has 0 aliphatic carbocycles. The second-order valence-corrected chi connectivity index (χ2v) is 5.87. The van der Waals surface area contributed by atoms with Gasteiger partial charge in [0.25, 0.3) is 5.91 Å². The highest BCUT2D eigenvalue weighted by Crippen LogP contribution is 2.16. The van der Waals surface area contributed by atoms with Crippen molar-refractivity contribution < 1.29 is 4.79 Å². The number of rotatable bonds is 3. The number of nitrogens with one attached hydrogen (secondary N) is 1. The van der Waals surface area contributed by atoms with Crippen LogP contribution in [0.1, 0.15) is 28.3 Å². The fourth-order valence-electron chi connectivity index (χ4n) is 3.04. The summed E-state index contributed by atoms with van der Waals surface area (Å²) in [4.78, 5) is 25.4. The van der Waals surface area contributed by atoms with Crippen molar-refractivity contribution >= 4 is 5.91 Å². The second-order valence-electron chi connectivity index (χ2n) is 5.87. The second kappa shape index (κ2) is 5.88. The van der Waals surface area contributed by atoms with E-state index in [1.807, 2.05) is 13.1 Å². The maximum atomic E-state index is 12.7. The van der Waals surface area contributed by atoms with Crippen LogP contribution in [-0.4, -0.2) is 41.2 Å². The minimum atomic E-state index is -0.154. The first-order valence-corrected chi connectivity index (χ1v) is 7.84. The Morgan fingerprint density at radius 3 is 3.17 bits per heavy atom. The van der Waals surface area contributed by atoms with Gasteiger partial charge < -0.3 is 9.88 Å². The summed E-state index contributed by atoms with van der Waals surface area (Å²) in [6.07, 6.45) is 8.34. The first kappa shape index (κ1) is 14.6. The number of aromatic nitrogens is 6. The van der Waals surface area contributed by atoms with Crippen LogP contribution < -0.4 is 5.32 Å². The van der Waals surface area contributed by atoms with E-state index < -0.39 is 0 Å². The SMILES string of the molecule is Cc1cn2c(n1)CC[C@@H](NC(=O)c1cccnc1-n1cncn1)C2. The minimum Gasteiger partial charge on any atom is -0.347 e. The van der Waals surface area contributed by atoms with Crippen molar-refractivity contribution in [2.75, 3.05) is 0 Å². The first-order chi connectivity index (χ1) is 11.7. The number of aryl methyl sites for hydroxylation is 2. The predicted molar refractivity (Wildman–Crippen MR) is 85.7 cm³/mol. The molecule has 0 spiro atoms. The van der Waals surface area contributed by atoms with Gasteiger partial charge in [0, 0.05) is 31.4 Å². The molecule has 1 N–H and O–H groups in total. The lowest BCUT2D eigenvalue weighted by Crippen LogP contribution is -2.41. The van der Waals surface area contributed by atoms with Crippen LogP contribution in [0.15, 0.2) is 37.2 Å². The van der Waals surface area contributed by atoms with Gasteiger partial charge in [0.15, 0.2) is 5.82 Å². The normalized spacial score (nSPS) is 16.6. The Labute approximate surface area is 138 Å². The zero-order valence-corrected chi connectivity index (χ0v) is 13.3. The van der Waals surface area contributed by atoms with Crippen molar-refractivity contribution in [3.8, 4) is 5.82 Å². The summed E-state index contributed by atoms with van der Waals surface area (Å²) in [5.41, 5.74) is 1.49. The Morgan fingerprint density at radius 2 is 2.33 bits per heavy atom. The highest BCUT2D eigenvalue weighted by molar-refractivity contribution is 5.97. The van der Waals surface area contributed by atoms with E-state index >= 15 is 0 Å². The molecule has 0 bridgehead atoms. The standard InChI is InChI=1S/C16H17N7O/c1-11-7-22-8-12(4-5-14(22)20-11)21-16(24)13-3-2-6-18-15(13)23-10-17-9-19-23/h2-3,6-7,9-10,12H,4-5,8H2,1H3,(H,21,24)/t12-/m1/s1. The number of hydrogen-bond acceptors (Lipinski definition) is 5. The average molecular weight is 323 g/mol. The fourth-order valence-corrected chi connectivity index (χ4v) is 3.04. The molecule has 4 heterocycles. The summed E-state index contributed by atoms with van der Waals surface area (Å²) in [5, 5.41) is 7.16. The van der Waals surface area contributed by atoms with Gasteiger partial charge in [-0.1, -0.05) is 0 Å². The summed E-state index contributed by atoms with van der Waals surface area (Å²) < 4.78 is 3.61. The summed E-state index contributed by atoms with van der Waals surface area (Å²) in [5.74, 6) is 1.41. The van der Waals surface area contributed by atoms with Crippen LogP contribution in [0.25, 0.3) is 5.82 Å². The van der Waals surface area contributed by atoms with Gasteiger partial charge >= 0.3 is 0 Å². The lowest BCUT2D eigenvalue weighted by Gasteiger charge is -2.25. The molecule has 1 atom stereocenters. The molecular weight excluding hydrogens is 306 g/mol. The maximum Gasteiger partial charge on any atom is 0.255 e. The van der Waals surface area contributed by atoms with Crippen molar-refractivity contribution in [2.24, 2.45) is 0 Å². The summed E-state index contributed by atoms with van der Waals surface area (Å²) in [7, 11) is 0. The molecule has 24 heavy (non-hydrogen) atoms. The van der Waals surface area contributed by atoms with Gasteiger partial charge in [-0.25, -0.2) is 19.6 Å². The van der Waals surface area contributed by atoms with Gasteiger partial charge in [0.2, 0.25) is 0 Å². The van der Waals surface area contributed by atoms with E-state index in [0.717, 1.165) is 30.9 Å². The predicted octanol–water partition coefficient (Wildman–Crippen LogP) is 0.912. The number of imidazole rings is 1. The Bertz CT molecular complexity index is 868. The van der Waals surface area contributed by atoms with E-state index in [1.54, 1.807) is 18.3 Å². The van der Waals surface area contributed by atoms with Crippen molar-refractivity contribution in [3.63, 3.8) is 0 Å². The van der Waals surface area contributed by atoms with Crippen LogP contribution in [0.2, 0.25) is 0 Å². The van der Waals surface area contributed by atoms with Crippen molar-refractivity contribution in [2.45, 2.75) is 32.4 Å². The van der Waals surface area contributed by atoms with E-state index in [1.165, 1.54) is 17.3 Å². The number of hydrogen-bond donors (Lipinski definition) is 1. The van der Waals surface area contributed by atoms with E-state index in [4.69, 9.17) is 0 Å². The number of carbonyl (C=O) groups is 1. The van der Waals surface area contributed by atoms with E-state index in [9.17, 15) is 4.79 Å². The molecule has 0 fully saturated rings. The average Bonchev–Trinajstić information content (AvgIpc) is 3.23. The number of amides is 1. The molecule has 1 amide bonds. The molecule has 8 nitrogen and oxygen atoms in total. The Kier molecular flexibility index (Phi) is 3.56. The molecular formula is C16H17N7O. The highest BCUT2D eigenvalue weighted by atomic mass is 16.1. The third-order valence-electron chi connectivity index (χ3n) is 4.12. The van der Waals surface area contributed by atoms with Gasteiger partial charge in [-0.2, -0.15) is 5.10 Å². The molecule has 4 rings (SSSR count). The number of nitrogens with zero attached hydrogens (tertiary/aromatic N) is 6. The summed E-state index contributed by atoms with van der Waals surface area (Å²) >= 11 is 0. The van der Waals surface area contributed by atoms with Gasteiger partial charge in [0.1, 0.15) is 18.5 Å². The lowest BCUT2D eigenvalue weighted by atomic mass is 10.1. The zero-order chi connectivity index (χ0) is 16.5. The highest BCUT2D eigenvalue weighted by Gasteiger charge is 2.23. The van der Waals surface area contributed by atoms with Crippen LogP contribution in [-0.2, 0) is 13.0 Å². The molecule has 0 radical (unpaired) electrons. The molecule has 0 saturated carbocycles. The van der Waals surface area contributed by atoms with Gasteiger partial charge in [-0.05, 0) is 25.5 Å². The van der Waals surface area contributed by atoms with Crippen LogP contribution in [0.3, 0.4) is 0 Å². The largest absolute Gasteiger partial charge is 0.347 e. The van der Waals surface area contributed by atoms with Crippen LogP contribution in [0, 0.1) is 6.92 Å². The van der Waals surface area contributed by atoms with Crippen molar-refractivity contribution in [3.05, 3.63) is 54.3 Å². The van der Waals surface area contributed by atoms with Gasteiger partial charge in [0.05, 0.1) is 11.3 Å². The van der Waals surface area contributed by atoms with Gasteiger partial charge in [-0.3, -0.25) is 4.79 Å². The third-order valence-corrected chi connectivity index (χ3v) is 4.12. The molecule has 1 aliphatic heterocycles. The number of fused-ring (bicyclic) bond motifs is 1. The molecule has 0 unspecified atom stereocenters. The lowest BCUT2D eigenvalue weighted by molar-refractivity contribution is 0.0927. The van der Waals surface area contributed by atoms with E-state index in [2.05, 4.69) is 29.9 Å². The monoisotopic (exact) mass is 323 g/mol. The Morgan fingerprint density at radius 1 is 1.42 bits per heavy atom. The first-order valence-electron chi connectivity index (χ1n) is 7.84. The summed E-state index contributed by atoms with van der Waals surface area (Å²) in [6, 6.07) is 3.56. The van der Waals surface area contributed by atoms with E-state index in [0.29, 0.717) is 11.4 Å². The molecule has 122 valence electrons. The smallest absolute Gasteiger partial charge is 0.255 e. The quantitative estimate of drug-likeness (QED) is 0.774. The molecule has 3 aromatic rings. The topological polar surface area (TPSA) is 90.5 Å². The maximum absolute atomic E-state index is 12.7. The van der Waals surface area contributed by atoms with E-state index in [-0.39, 0.29) is 11.9 Å². The van der Waals surface area contributed by atoms with Crippen LogP contribution in [0.5, 0.6) is 0 Å². The van der Waals surface area contributed by atoms with Crippen molar-refractivity contribution in [1.29, 1.82) is 0 Å². The van der Waals surface area contributed by atoms with Crippen molar-refractivity contribution in [1.82, 2.24) is 34.6 Å². The molecule has 1 aliphatic rings. The molecule has 3 aromatic heterocycles. The Balaban J connectivity index is 1.54. The molecule has 8 heteroatoms. The minimum absolute atomic E-state index is 0.0717. The third kappa shape index (κ3) is 2.66. The molecule has 0 aromatic carbocycles. The van der Waals surface area contributed by atoms with Crippen LogP contribution in [0.4, 0.5) is 0 Å². The fraction of sp³-hybridized carbons (Fsp3) is 0.312. The number of carbonyl (C=O) groups excluding carboxylic acids is 1. The Hall–Kier alpha value is -3.03. The number of pyridine rings is 1. The summed E-state index contributed by atoms with van der Waals surface area (Å²) in [6.45, 7) is 2.72. The zero-order valence-electron chi connectivity index (χ0n) is 13.3. The van der Waals surface area contributed by atoms with Crippen LogP contribution >= 0.6 is 0 Å². The van der Waals surface area contributed by atoms with Gasteiger partial charge in [-0.15, -0.1) is 0 Å². The molecule has 0 saturated heterocycles.